The zero-order valence-electron chi connectivity index (χ0n) is 9.55. The monoisotopic (exact) mass is 319 g/mol. The molecule has 112 valence electrons. The number of carboxylic acid groups (broad SMARTS) is 1. The minimum absolute atomic E-state index is 0.443. The van der Waals surface area contributed by atoms with Crippen LogP contribution in [-0.2, 0) is 17.1 Å². The number of carbonyl (C=O) groups is 1. The van der Waals surface area contributed by atoms with E-state index in [0.29, 0.717) is 6.20 Å². The smallest absolute Gasteiger partial charge is 0.481 e. The van der Waals surface area contributed by atoms with Crippen molar-refractivity contribution in [2.75, 3.05) is 0 Å². The van der Waals surface area contributed by atoms with Crippen molar-refractivity contribution in [3.8, 4) is 5.75 Å². The Morgan fingerprint density at radius 2 is 2.00 bits per heavy atom. The predicted octanol–water partition coefficient (Wildman–Crippen LogP) is 3.28. The van der Waals surface area contributed by atoms with Gasteiger partial charge in [-0.3, -0.25) is 9.78 Å². The van der Waals surface area contributed by atoms with E-state index in [1.807, 2.05) is 0 Å². The Hall–Kier alpha value is -1.64. The molecule has 0 atom stereocenters. The molecule has 10 heteroatoms. The second-order valence-corrected chi connectivity index (χ2v) is 3.78. The van der Waals surface area contributed by atoms with E-state index in [0.717, 1.165) is 0 Å². The van der Waals surface area contributed by atoms with Gasteiger partial charge in [-0.2, -0.15) is 0 Å². The first kappa shape index (κ1) is 16.4. The number of carboxylic acids is 1. The highest BCUT2D eigenvalue weighted by Crippen LogP contribution is 2.33. The van der Waals surface area contributed by atoms with Gasteiger partial charge in [-0.25, -0.2) is 8.78 Å². The molecule has 0 radical (unpaired) electrons. The third kappa shape index (κ3) is 4.19. The number of aliphatic carboxylic acids is 1. The minimum Gasteiger partial charge on any atom is -0.481 e. The summed E-state index contributed by atoms with van der Waals surface area (Å²) in [7, 11) is 0. The Balaban J connectivity index is 3.39. The van der Waals surface area contributed by atoms with E-state index in [2.05, 4.69) is 9.72 Å². The van der Waals surface area contributed by atoms with Gasteiger partial charge in [-0.15, -0.1) is 24.8 Å². The van der Waals surface area contributed by atoms with Crippen LogP contribution >= 0.6 is 11.6 Å². The molecule has 0 aromatic carbocycles. The number of aromatic nitrogens is 1. The SMILES string of the molecule is O=C(O)Cc1c(C(F)F)ncc(OC(F)(F)F)c1CCl. The minimum atomic E-state index is -5.07. The lowest BCUT2D eigenvalue weighted by Crippen LogP contribution is -2.20. The van der Waals surface area contributed by atoms with Crippen LogP contribution in [0.5, 0.6) is 5.75 Å². The molecule has 0 aliphatic heterocycles. The summed E-state index contributed by atoms with van der Waals surface area (Å²) in [5.74, 6) is -3.03. The van der Waals surface area contributed by atoms with E-state index >= 15 is 0 Å². The van der Waals surface area contributed by atoms with Crippen LogP contribution in [-0.4, -0.2) is 22.4 Å². The third-order valence-electron chi connectivity index (χ3n) is 2.19. The van der Waals surface area contributed by atoms with Gasteiger partial charge in [0, 0.05) is 5.56 Å². The van der Waals surface area contributed by atoms with Crippen LogP contribution in [0.2, 0.25) is 0 Å². The number of halogens is 6. The van der Waals surface area contributed by atoms with Crippen molar-refractivity contribution in [3.05, 3.63) is 23.0 Å². The van der Waals surface area contributed by atoms with Crippen molar-refractivity contribution in [2.45, 2.75) is 25.1 Å². The summed E-state index contributed by atoms with van der Waals surface area (Å²) in [6.45, 7) is 0. The highest BCUT2D eigenvalue weighted by atomic mass is 35.5. The van der Waals surface area contributed by atoms with E-state index < -0.39 is 53.6 Å². The summed E-state index contributed by atoms with van der Waals surface area (Å²) in [5.41, 5.74) is -1.99. The number of hydrogen-bond donors (Lipinski definition) is 1. The van der Waals surface area contributed by atoms with Crippen molar-refractivity contribution in [2.24, 2.45) is 0 Å². The van der Waals surface area contributed by atoms with Crippen LogP contribution in [0.15, 0.2) is 6.20 Å². The van der Waals surface area contributed by atoms with Crippen molar-refractivity contribution in [1.82, 2.24) is 4.98 Å². The predicted molar refractivity (Wildman–Crippen MR) is 56.8 cm³/mol. The Morgan fingerprint density at radius 3 is 2.40 bits per heavy atom. The van der Waals surface area contributed by atoms with Crippen molar-refractivity contribution >= 4 is 17.6 Å². The second kappa shape index (κ2) is 6.21. The molecule has 1 aromatic heterocycles. The van der Waals surface area contributed by atoms with Gasteiger partial charge in [0.25, 0.3) is 6.43 Å². The van der Waals surface area contributed by atoms with Gasteiger partial charge in [0.2, 0.25) is 0 Å². The van der Waals surface area contributed by atoms with E-state index in [1.54, 1.807) is 0 Å². The maximum absolute atomic E-state index is 12.7. The molecule has 0 fully saturated rings. The van der Waals surface area contributed by atoms with Gasteiger partial charge >= 0.3 is 12.3 Å². The van der Waals surface area contributed by atoms with Crippen LogP contribution in [0.4, 0.5) is 22.0 Å². The molecule has 4 nitrogen and oxygen atoms in total. The average molecular weight is 320 g/mol. The van der Waals surface area contributed by atoms with E-state index in [4.69, 9.17) is 16.7 Å². The van der Waals surface area contributed by atoms with Gasteiger partial charge in [0.1, 0.15) is 5.69 Å². The fraction of sp³-hybridized carbons (Fsp3) is 0.400. The fourth-order valence-electron chi connectivity index (χ4n) is 1.48. The summed E-state index contributed by atoms with van der Waals surface area (Å²) in [6, 6.07) is 0. The Kier molecular flexibility index (Phi) is 5.09. The summed E-state index contributed by atoms with van der Waals surface area (Å²) in [4.78, 5) is 13.8. The van der Waals surface area contributed by atoms with Crippen LogP contribution in [0.25, 0.3) is 0 Å². The van der Waals surface area contributed by atoms with Crippen LogP contribution < -0.4 is 4.74 Å². The molecule has 0 aliphatic rings. The van der Waals surface area contributed by atoms with Crippen molar-refractivity contribution < 1.29 is 36.6 Å². The van der Waals surface area contributed by atoms with Crippen molar-refractivity contribution in [1.29, 1.82) is 0 Å². The molecule has 0 spiro atoms. The molecule has 1 N–H and O–H groups in total. The lowest BCUT2D eigenvalue weighted by Gasteiger charge is -2.16. The van der Waals surface area contributed by atoms with Gasteiger partial charge in [-0.05, 0) is 5.56 Å². The van der Waals surface area contributed by atoms with E-state index in [9.17, 15) is 26.7 Å². The van der Waals surface area contributed by atoms with Gasteiger partial charge in [0.15, 0.2) is 5.75 Å². The number of hydrogen-bond acceptors (Lipinski definition) is 3. The Bertz CT molecular complexity index is 506. The summed E-state index contributed by atoms with van der Waals surface area (Å²) < 4.78 is 65.5. The number of pyridine rings is 1. The maximum Gasteiger partial charge on any atom is 0.573 e. The molecule has 1 rings (SSSR count). The second-order valence-electron chi connectivity index (χ2n) is 3.52. The topological polar surface area (TPSA) is 59.4 Å². The van der Waals surface area contributed by atoms with Crippen molar-refractivity contribution in [3.63, 3.8) is 0 Å². The van der Waals surface area contributed by atoms with Crippen LogP contribution in [0.3, 0.4) is 0 Å². The molecule has 0 amide bonds. The Labute approximate surface area is 114 Å². The van der Waals surface area contributed by atoms with Gasteiger partial charge < -0.3 is 9.84 Å². The first-order valence-corrected chi connectivity index (χ1v) is 5.51. The highest BCUT2D eigenvalue weighted by molar-refractivity contribution is 6.17. The molecular formula is C10H7ClF5NO3. The third-order valence-corrected chi connectivity index (χ3v) is 2.45. The quantitative estimate of drug-likeness (QED) is 0.668. The normalized spacial score (nSPS) is 11.8. The highest BCUT2D eigenvalue weighted by Gasteiger charge is 2.34. The molecule has 0 saturated carbocycles. The van der Waals surface area contributed by atoms with E-state index in [-0.39, 0.29) is 0 Å². The maximum atomic E-state index is 12.7. The molecule has 0 saturated heterocycles. The number of rotatable bonds is 5. The zero-order chi connectivity index (χ0) is 15.5. The molecule has 1 heterocycles. The summed E-state index contributed by atoms with van der Waals surface area (Å²) in [5, 5.41) is 8.64. The van der Waals surface area contributed by atoms with Crippen LogP contribution in [0.1, 0.15) is 23.2 Å². The summed E-state index contributed by atoms with van der Waals surface area (Å²) in [6.07, 6.45) is -8.72. The summed E-state index contributed by atoms with van der Waals surface area (Å²) >= 11 is 5.41. The van der Waals surface area contributed by atoms with E-state index in [1.165, 1.54) is 0 Å². The lowest BCUT2D eigenvalue weighted by atomic mass is 10.0. The zero-order valence-corrected chi connectivity index (χ0v) is 10.3. The first-order chi connectivity index (χ1) is 9.15. The number of nitrogens with zero attached hydrogens (tertiary/aromatic N) is 1. The van der Waals surface area contributed by atoms with Crippen LogP contribution in [0, 0.1) is 0 Å². The Morgan fingerprint density at radius 1 is 1.40 bits per heavy atom. The fourth-order valence-corrected chi connectivity index (χ4v) is 1.78. The lowest BCUT2D eigenvalue weighted by molar-refractivity contribution is -0.275. The largest absolute Gasteiger partial charge is 0.573 e. The molecule has 1 aromatic rings. The molecule has 0 bridgehead atoms. The standard InChI is InChI=1S/C10H7ClF5NO3/c11-2-5-4(1-7(18)19)8(9(12)13)17-3-6(5)20-10(14,15)16/h3,9H,1-2H2,(H,18,19). The number of ether oxygens (including phenoxy) is 1. The molecule has 20 heavy (non-hydrogen) atoms. The molecule has 0 aliphatic carbocycles. The average Bonchev–Trinajstić information content (AvgIpc) is 2.25. The first-order valence-electron chi connectivity index (χ1n) is 4.98. The molecule has 0 unspecified atom stereocenters. The molecular weight excluding hydrogens is 313 g/mol. The van der Waals surface area contributed by atoms with Gasteiger partial charge in [0.05, 0.1) is 18.5 Å². The number of alkyl halides is 6. The van der Waals surface area contributed by atoms with Gasteiger partial charge in [-0.1, -0.05) is 0 Å².